The number of rotatable bonds is 7. The van der Waals surface area contributed by atoms with Gasteiger partial charge >= 0.3 is 0 Å². The second-order valence-electron chi connectivity index (χ2n) is 12.6. The van der Waals surface area contributed by atoms with Gasteiger partial charge in [-0.25, -0.2) is 9.97 Å². The molecular formula is C36H36N8O4. The molecule has 244 valence electrons. The molecule has 2 fully saturated rings. The molecule has 12 nitrogen and oxygen atoms in total. The van der Waals surface area contributed by atoms with E-state index in [1.807, 2.05) is 60.1 Å². The highest BCUT2D eigenvalue weighted by atomic mass is 16.5. The van der Waals surface area contributed by atoms with E-state index in [-0.39, 0.29) is 17.7 Å². The summed E-state index contributed by atoms with van der Waals surface area (Å²) in [5, 5.41) is 14.8. The van der Waals surface area contributed by atoms with Crippen molar-refractivity contribution in [2.75, 3.05) is 49.6 Å². The van der Waals surface area contributed by atoms with Crippen LogP contribution in [0.2, 0.25) is 0 Å². The molecule has 0 aliphatic carbocycles. The van der Waals surface area contributed by atoms with Crippen LogP contribution in [0.3, 0.4) is 0 Å². The summed E-state index contributed by atoms with van der Waals surface area (Å²) in [6.07, 6.45) is 8.66. The molecule has 48 heavy (non-hydrogen) atoms. The number of piperazine rings is 1. The Labute approximate surface area is 276 Å². The molecule has 2 saturated heterocycles. The average molecular weight is 645 g/mol. The van der Waals surface area contributed by atoms with Crippen molar-refractivity contribution >= 4 is 33.6 Å². The number of ether oxygens (including phenoxy) is 1. The molecular weight excluding hydrogens is 608 g/mol. The van der Waals surface area contributed by atoms with E-state index < -0.39 is 0 Å². The lowest BCUT2D eigenvalue weighted by molar-refractivity contribution is -0.0660. The number of nitrogens with one attached hydrogen (secondary N) is 1. The smallest absolute Gasteiger partial charge is 0.280 e. The number of fused-ring (bicyclic) bond motifs is 3. The molecule has 6 aromatic rings. The van der Waals surface area contributed by atoms with Gasteiger partial charge in [0.1, 0.15) is 22.8 Å². The maximum atomic E-state index is 13.8. The first-order valence-electron chi connectivity index (χ1n) is 16.1. The molecule has 0 radical (unpaired) electrons. The Balaban J connectivity index is 1.09. The SMILES string of the molecule is Cc1ccc2c(c1)cc1c(=O)n(-c3nccc(-c4cc(Nc5ccc(N6CCN(C7COC7)CC6)cn5)c(=O)n(C)c4)c3CO)ccn12. The minimum Gasteiger partial charge on any atom is -0.392 e. The van der Waals surface area contributed by atoms with Crippen molar-refractivity contribution in [3.05, 3.63) is 111 Å². The highest BCUT2D eigenvalue weighted by Crippen LogP contribution is 2.29. The van der Waals surface area contributed by atoms with E-state index in [9.17, 15) is 14.7 Å². The molecule has 0 atom stereocenters. The van der Waals surface area contributed by atoms with Crippen LogP contribution in [0, 0.1) is 6.92 Å². The minimum atomic E-state index is -0.365. The molecule has 0 amide bonds. The number of pyridine rings is 3. The number of aliphatic hydroxyl groups excluding tert-OH is 1. The molecule has 0 unspecified atom stereocenters. The van der Waals surface area contributed by atoms with Crippen molar-refractivity contribution in [1.29, 1.82) is 0 Å². The van der Waals surface area contributed by atoms with Crippen molar-refractivity contribution in [2.24, 2.45) is 7.05 Å². The summed E-state index contributed by atoms with van der Waals surface area (Å²) in [7, 11) is 1.68. The number of hydrogen-bond donors (Lipinski definition) is 2. The van der Waals surface area contributed by atoms with E-state index >= 15 is 0 Å². The number of hydrogen-bond acceptors (Lipinski definition) is 9. The molecule has 1 aromatic carbocycles. The fraction of sp³-hybridized carbons (Fsp3) is 0.278. The second-order valence-corrected chi connectivity index (χ2v) is 12.6. The number of aliphatic hydroxyl groups is 1. The van der Waals surface area contributed by atoms with Gasteiger partial charge in [0.05, 0.1) is 43.3 Å². The standard InChI is InChI=1S/C36H36N8O4/c1-23-3-5-31-24(15-23)17-32-36(47)44(14-13-43(31)32)34-29(20-45)28(7-8-37-34)25-16-30(35(46)40(2)19-25)39-33-6-4-26(18-38-33)41-9-11-42(12-10-41)27-21-48-22-27/h3-8,13-19,27,45H,9-12,20-22H2,1-2H3,(H,38,39). The van der Waals surface area contributed by atoms with Gasteiger partial charge in [0.25, 0.3) is 11.1 Å². The Bertz CT molecular complexity index is 2280. The molecule has 2 aliphatic rings. The van der Waals surface area contributed by atoms with Crippen molar-refractivity contribution in [1.82, 2.24) is 28.4 Å². The van der Waals surface area contributed by atoms with Gasteiger partial charge in [-0.15, -0.1) is 0 Å². The first-order chi connectivity index (χ1) is 23.4. The van der Waals surface area contributed by atoms with Crippen LogP contribution in [0.15, 0.2) is 89.1 Å². The molecule has 0 saturated carbocycles. The van der Waals surface area contributed by atoms with E-state index in [0.717, 1.165) is 61.5 Å². The third kappa shape index (κ3) is 5.23. The summed E-state index contributed by atoms with van der Waals surface area (Å²) in [5.41, 5.74) is 5.26. The van der Waals surface area contributed by atoms with Crippen LogP contribution in [0.5, 0.6) is 0 Å². The largest absolute Gasteiger partial charge is 0.392 e. The van der Waals surface area contributed by atoms with Crippen molar-refractivity contribution in [3.8, 4) is 16.9 Å². The molecule has 7 heterocycles. The zero-order valence-electron chi connectivity index (χ0n) is 26.8. The Kier molecular flexibility index (Phi) is 7.55. The van der Waals surface area contributed by atoms with E-state index in [2.05, 4.69) is 25.1 Å². The molecule has 0 bridgehead atoms. The zero-order chi connectivity index (χ0) is 32.9. The monoisotopic (exact) mass is 644 g/mol. The molecule has 2 N–H and O–H groups in total. The highest BCUT2D eigenvalue weighted by Gasteiger charge is 2.29. The lowest BCUT2D eigenvalue weighted by atomic mass is 10.0. The van der Waals surface area contributed by atoms with Crippen LogP contribution in [-0.4, -0.2) is 78.9 Å². The van der Waals surface area contributed by atoms with E-state index in [0.29, 0.717) is 45.6 Å². The minimum absolute atomic E-state index is 0.224. The first-order valence-corrected chi connectivity index (χ1v) is 16.1. The van der Waals surface area contributed by atoms with Gasteiger partial charge in [-0.3, -0.25) is 19.1 Å². The molecule has 5 aromatic heterocycles. The Morgan fingerprint density at radius 3 is 2.50 bits per heavy atom. The maximum Gasteiger partial charge on any atom is 0.280 e. The predicted molar refractivity (Wildman–Crippen MR) is 186 cm³/mol. The third-order valence-electron chi connectivity index (χ3n) is 9.54. The van der Waals surface area contributed by atoms with Gasteiger partial charge in [-0.05, 0) is 55.0 Å². The third-order valence-corrected chi connectivity index (χ3v) is 9.54. The summed E-state index contributed by atoms with van der Waals surface area (Å²) in [6.45, 7) is 7.16. The summed E-state index contributed by atoms with van der Waals surface area (Å²) >= 11 is 0. The van der Waals surface area contributed by atoms with Crippen LogP contribution in [0.25, 0.3) is 33.4 Å². The molecule has 0 spiro atoms. The van der Waals surface area contributed by atoms with Crippen molar-refractivity contribution in [2.45, 2.75) is 19.6 Å². The quantitative estimate of drug-likeness (QED) is 0.269. The summed E-state index contributed by atoms with van der Waals surface area (Å²) < 4.78 is 10.2. The summed E-state index contributed by atoms with van der Waals surface area (Å²) in [4.78, 5) is 41.0. The number of benzene rings is 1. The molecule has 8 rings (SSSR count). The fourth-order valence-electron chi connectivity index (χ4n) is 6.80. The second kappa shape index (κ2) is 12.1. The topological polar surface area (TPSA) is 122 Å². The molecule has 12 heteroatoms. The highest BCUT2D eigenvalue weighted by molar-refractivity contribution is 5.87. The van der Waals surface area contributed by atoms with Gasteiger partial charge in [0.2, 0.25) is 0 Å². The predicted octanol–water partition coefficient (Wildman–Crippen LogP) is 3.46. The van der Waals surface area contributed by atoms with Crippen LogP contribution in [0.4, 0.5) is 17.2 Å². The average Bonchev–Trinajstić information content (AvgIpc) is 3.45. The van der Waals surface area contributed by atoms with Crippen LogP contribution in [0.1, 0.15) is 11.1 Å². The number of aryl methyl sites for hydroxylation is 2. The molecule has 2 aliphatic heterocycles. The maximum absolute atomic E-state index is 13.8. The van der Waals surface area contributed by atoms with Gasteiger partial charge in [-0.1, -0.05) is 11.6 Å². The normalized spacial score (nSPS) is 15.7. The van der Waals surface area contributed by atoms with Crippen LogP contribution >= 0.6 is 0 Å². The Morgan fingerprint density at radius 1 is 0.938 bits per heavy atom. The lowest BCUT2D eigenvalue weighted by Crippen LogP contribution is -2.56. The number of nitrogens with zero attached hydrogens (tertiary/aromatic N) is 7. The lowest BCUT2D eigenvalue weighted by Gasteiger charge is -2.43. The first kappa shape index (κ1) is 30.1. The van der Waals surface area contributed by atoms with E-state index in [1.54, 1.807) is 37.8 Å². The Morgan fingerprint density at radius 2 is 1.77 bits per heavy atom. The fourth-order valence-corrected chi connectivity index (χ4v) is 6.80. The number of aromatic nitrogens is 5. The van der Waals surface area contributed by atoms with Gasteiger partial charge in [-0.2, -0.15) is 0 Å². The number of anilines is 3. The zero-order valence-corrected chi connectivity index (χ0v) is 26.8. The van der Waals surface area contributed by atoms with Crippen molar-refractivity contribution < 1.29 is 9.84 Å². The summed E-state index contributed by atoms with van der Waals surface area (Å²) in [5.74, 6) is 0.872. The van der Waals surface area contributed by atoms with Gasteiger partial charge in [0.15, 0.2) is 0 Å². The van der Waals surface area contributed by atoms with Crippen molar-refractivity contribution in [3.63, 3.8) is 0 Å². The summed E-state index contributed by atoms with van der Waals surface area (Å²) in [6, 6.07) is 15.9. The van der Waals surface area contributed by atoms with Crippen LogP contribution < -0.4 is 21.3 Å². The van der Waals surface area contributed by atoms with E-state index in [1.165, 1.54) is 9.13 Å². The van der Waals surface area contributed by atoms with E-state index in [4.69, 9.17) is 4.74 Å². The van der Waals surface area contributed by atoms with Gasteiger partial charge < -0.3 is 29.0 Å². The Hall–Kier alpha value is -5.30. The van der Waals surface area contributed by atoms with Crippen LogP contribution in [-0.2, 0) is 18.4 Å². The van der Waals surface area contributed by atoms with Gasteiger partial charge in [0, 0.05) is 74.5 Å².